The van der Waals surface area contributed by atoms with E-state index in [2.05, 4.69) is 142 Å². The predicted octanol–water partition coefficient (Wildman–Crippen LogP) is 21.2. The van der Waals surface area contributed by atoms with Crippen LogP contribution in [0.25, 0.3) is 0 Å². The van der Waals surface area contributed by atoms with E-state index in [9.17, 15) is 0 Å². The summed E-state index contributed by atoms with van der Waals surface area (Å²) in [5.74, 6) is 3.35. The Morgan fingerprint density at radius 2 is 0.542 bits per heavy atom. The summed E-state index contributed by atoms with van der Waals surface area (Å²) >= 11 is 0. The van der Waals surface area contributed by atoms with Crippen LogP contribution in [-0.4, -0.2) is 46.4 Å². The van der Waals surface area contributed by atoms with Crippen molar-refractivity contribution in [2.45, 2.75) is 276 Å². The summed E-state index contributed by atoms with van der Waals surface area (Å²) in [4.78, 5) is 0. The third kappa shape index (κ3) is 60.1. The van der Waals surface area contributed by atoms with Crippen LogP contribution in [0.1, 0.15) is 270 Å². The molecular weight excluding hydrogens is 881 g/mol. The third-order valence-corrected chi connectivity index (χ3v) is 14.5. The van der Waals surface area contributed by atoms with Gasteiger partial charge in [0.25, 0.3) is 0 Å². The molecule has 0 aromatic heterocycles. The normalized spacial score (nSPS) is 11.6. The molecular formula is C68H130O4. The van der Waals surface area contributed by atoms with E-state index in [-0.39, 0.29) is 25.7 Å². The lowest BCUT2D eigenvalue weighted by Gasteiger charge is -2.18. The Hall–Kier alpha value is -2.50. The molecule has 0 saturated carbocycles. The van der Waals surface area contributed by atoms with Gasteiger partial charge in [-0.15, -0.1) is 0 Å². The highest BCUT2D eigenvalue weighted by Crippen LogP contribution is 2.27. The zero-order chi connectivity index (χ0) is 56.9. The van der Waals surface area contributed by atoms with E-state index in [1.165, 1.54) is 135 Å². The van der Waals surface area contributed by atoms with Gasteiger partial charge in [-0.1, -0.05) is 232 Å². The van der Waals surface area contributed by atoms with Gasteiger partial charge in [0.1, 0.15) is 0 Å². The summed E-state index contributed by atoms with van der Waals surface area (Å²) in [7, 11) is 0. The van der Waals surface area contributed by atoms with Crippen molar-refractivity contribution in [3.05, 3.63) is 109 Å². The number of aliphatic hydroxyl groups is 4. The first-order chi connectivity index (χ1) is 34.0. The van der Waals surface area contributed by atoms with Gasteiger partial charge in [0.05, 0.1) is 12.7 Å². The van der Waals surface area contributed by atoms with Gasteiger partial charge in [0, 0.05) is 19.1 Å². The first kappa shape index (κ1) is 80.9. The SMILES string of the molecule is C=C(CC)CC(CC)CC.C=C(CC)CC(CO)CO.C=C(CC)CCC(C)CC.C=C(CC)CCC(CC)CC(=C)CC.C=C(CC)CCC(CCC(=C)CC)CC(=C)CC.C=C(CC)CCC(O)CO. The molecule has 0 aromatic carbocycles. The monoisotopic (exact) mass is 1010 g/mol. The van der Waals surface area contributed by atoms with Crippen LogP contribution >= 0.6 is 0 Å². The maximum atomic E-state index is 8.91. The van der Waals surface area contributed by atoms with Crippen LogP contribution in [0, 0.1) is 29.6 Å². The summed E-state index contributed by atoms with van der Waals surface area (Å²) in [6, 6.07) is 0. The van der Waals surface area contributed by atoms with Crippen LogP contribution in [0.4, 0.5) is 0 Å². The molecule has 3 unspecified atom stereocenters. The summed E-state index contributed by atoms with van der Waals surface area (Å²) in [6.45, 7) is 66.8. The molecule has 426 valence electrons. The zero-order valence-corrected chi connectivity index (χ0v) is 51.3. The average molecular weight is 1010 g/mol. The lowest BCUT2D eigenvalue weighted by Crippen LogP contribution is -2.11. The topological polar surface area (TPSA) is 80.9 Å². The third-order valence-electron chi connectivity index (χ3n) is 14.5. The minimum absolute atomic E-state index is 0.00699. The lowest BCUT2D eigenvalue weighted by atomic mass is 9.87. The first-order valence-corrected chi connectivity index (χ1v) is 29.6. The molecule has 72 heavy (non-hydrogen) atoms. The second kappa shape index (κ2) is 59.4. The van der Waals surface area contributed by atoms with Crippen molar-refractivity contribution in [3.8, 4) is 0 Å². The van der Waals surface area contributed by atoms with Gasteiger partial charge in [0.2, 0.25) is 0 Å². The van der Waals surface area contributed by atoms with E-state index >= 15 is 0 Å². The smallest absolute Gasteiger partial charge is 0.0774 e. The summed E-state index contributed by atoms with van der Waals surface area (Å²) in [6.07, 6.45) is 30.1. The van der Waals surface area contributed by atoms with Crippen LogP contribution < -0.4 is 0 Å². The molecule has 0 spiro atoms. The molecule has 4 N–H and O–H groups in total. The van der Waals surface area contributed by atoms with Gasteiger partial charge in [-0.3, -0.25) is 0 Å². The molecule has 4 nitrogen and oxygen atoms in total. The van der Waals surface area contributed by atoms with Crippen molar-refractivity contribution in [2.75, 3.05) is 19.8 Å². The minimum Gasteiger partial charge on any atom is -0.396 e. The van der Waals surface area contributed by atoms with Gasteiger partial charge < -0.3 is 20.4 Å². The molecule has 0 aliphatic carbocycles. The molecule has 0 bridgehead atoms. The Morgan fingerprint density at radius 3 is 0.806 bits per heavy atom. The Balaban J connectivity index is -0.000000185. The molecule has 0 heterocycles. The van der Waals surface area contributed by atoms with E-state index in [0.717, 1.165) is 105 Å². The molecule has 0 amide bonds. The number of hydrogen-bond donors (Lipinski definition) is 4. The molecule has 0 aliphatic rings. The molecule has 0 rings (SSSR count). The fraction of sp³-hybridized carbons (Fsp3) is 0.735. The zero-order valence-electron chi connectivity index (χ0n) is 51.3. The molecule has 0 aromatic rings. The summed E-state index contributed by atoms with van der Waals surface area (Å²) in [5, 5.41) is 34.7. The van der Waals surface area contributed by atoms with Gasteiger partial charge >= 0.3 is 0 Å². The minimum atomic E-state index is -0.566. The number of allylic oxidation sites excluding steroid dienone is 9. The Bertz CT molecular complexity index is 1270. The fourth-order valence-corrected chi connectivity index (χ4v) is 7.00. The molecule has 4 heteroatoms. The molecule has 3 atom stereocenters. The largest absolute Gasteiger partial charge is 0.396 e. The van der Waals surface area contributed by atoms with Crippen molar-refractivity contribution in [2.24, 2.45) is 29.6 Å². The standard InChI is InChI=1S/C18H32.C14H26.2C10H20.2C8H16O2/c1-7-15(4)10-12-18(14-17(6)9-3)13-11-16(5)8-2;1-6-12(4)9-10-14(8-3)11-13(5)7-2;1-5-9(3)7-8-10(4)6-2;1-5-9(4)8-10(6-2)7-3;1-3-7(2)4-8(5-9)6-10;1-3-7(2)4-5-8(10)6-9/h18H,4-14H2,1-3H3;14H,4-11H2,1-3H3;10H,3,5-8H2,1-2,4H3;10H,4-8H2,1-3H3;2*8-10H,2-6H2,1H3. The van der Waals surface area contributed by atoms with Crippen molar-refractivity contribution in [3.63, 3.8) is 0 Å². The van der Waals surface area contributed by atoms with E-state index in [4.69, 9.17) is 20.4 Å². The van der Waals surface area contributed by atoms with Crippen molar-refractivity contribution in [1.29, 1.82) is 0 Å². The Kier molecular flexibility index (Phi) is 66.7. The first-order valence-electron chi connectivity index (χ1n) is 29.6. The maximum absolute atomic E-state index is 8.91. The van der Waals surface area contributed by atoms with Gasteiger partial charge in [-0.2, -0.15) is 0 Å². The Labute approximate surface area is 453 Å². The second-order valence-corrected chi connectivity index (χ2v) is 20.8. The van der Waals surface area contributed by atoms with Crippen molar-refractivity contribution >= 4 is 0 Å². The highest BCUT2D eigenvalue weighted by Gasteiger charge is 2.12. The second-order valence-electron chi connectivity index (χ2n) is 20.8. The quantitative estimate of drug-likeness (QED) is 0.0463. The lowest BCUT2D eigenvalue weighted by molar-refractivity contribution is 0.0884. The van der Waals surface area contributed by atoms with Gasteiger partial charge in [0.15, 0.2) is 0 Å². The highest BCUT2D eigenvalue weighted by molar-refractivity contribution is 5.01. The molecule has 0 saturated heterocycles. The summed E-state index contributed by atoms with van der Waals surface area (Å²) in [5.41, 5.74) is 12.0. The molecule has 0 fully saturated rings. The van der Waals surface area contributed by atoms with Gasteiger partial charge in [-0.05, 0) is 171 Å². The van der Waals surface area contributed by atoms with Crippen LogP contribution in [-0.2, 0) is 0 Å². The Morgan fingerprint density at radius 1 is 0.292 bits per heavy atom. The van der Waals surface area contributed by atoms with E-state index in [0.29, 0.717) is 6.42 Å². The van der Waals surface area contributed by atoms with E-state index in [1.54, 1.807) is 0 Å². The van der Waals surface area contributed by atoms with E-state index in [1.807, 2.05) is 13.8 Å². The van der Waals surface area contributed by atoms with Gasteiger partial charge in [-0.25, -0.2) is 0 Å². The predicted molar refractivity (Wildman–Crippen MR) is 331 cm³/mol. The number of aliphatic hydroxyl groups excluding tert-OH is 4. The maximum Gasteiger partial charge on any atom is 0.0774 e. The number of hydrogen-bond acceptors (Lipinski definition) is 4. The summed E-state index contributed by atoms with van der Waals surface area (Å²) < 4.78 is 0. The van der Waals surface area contributed by atoms with Crippen molar-refractivity contribution < 1.29 is 20.4 Å². The fourth-order valence-electron chi connectivity index (χ4n) is 7.00. The van der Waals surface area contributed by atoms with Crippen LogP contribution in [0.5, 0.6) is 0 Å². The van der Waals surface area contributed by atoms with Crippen LogP contribution in [0.2, 0.25) is 0 Å². The highest BCUT2D eigenvalue weighted by atomic mass is 16.3. The average Bonchev–Trinajstić information content (AvgIpc) is 3.41. The van der Waals surface area contributed by atoms with Crippen LogP contribution in [0.3, 0.4) is 0 Å². The van der Waals surface area contributed by atoms with E-state index < -0.39 is 6.10 Å². The van der Waals surface area contributed by atoms with Crippen LogP contribution in [0.15, 0.2) is 109 Å². The molecule has 0 aliphatic heterocycles. The van der Waals surface area contributed by atoms with Crippen molar-refractivity contribution in [1.82, 2.24) is 0 Å². The molecule has 0 radical (unpaired) electrons. The number of rotatable bonds is 39.